The van der Waals surface area contributed by atoms with Crippen LogP contribution < -0.4 is 5.32 Å². The SMILES string of the molecule is CN(CCNc1ccccc1)Cc1ccc(F)cc1. The van der Waals surface area contributed by atoms with Crippen molar-refractivity contribution in [2.24, 2.45) is 0 Å². The van der Waals surface area contributed by atoms with E-state index >= 15 is 0 Å². The third-order valence-corrected chi connectivity index (χ3v) is 2.96. The van der Waals surface area contributed by atoms with Crippen molar-refractivity contribution < 1.29 is 4.39 Å². The molecule has 0 bridgehead atoms. The standard InChI is InChI=1S/C16H19FN2/c1-19(13-14-7-9-15(17)10-8-14)12-11-18-16-5-3-2-4-6-16/h2-10,18H,11-13H2,1H3. The number of likely N-dealkylation sites (N-methyl/N-ethyl adjacent to an activating group) is 1. The molecule has 0 aliphatic heterocycles. The molecule has 0 aromatic heterocycles. The fourth-order valence-corrected chi connectivity index (χ4v) is 1.93. The highest BCUT2D eigenvalue weighted by Crippen LogP contribution is 2.06. The zero-order valence-corrected chi connectivity index (χ0v) is 11.1. The van der Waals surface area contributed by atoms with Gasteiger partial charge in [-0.25, -0.2) is 4.39 Å². The maximum Gasteiger partial charge on any atom is 0.123 e. The Balaban J connectivity index is 1.73. The summed E-state index contributed by atoms with van der Waals surface area (Å²) in [4.78, 5) is 2.21. The largest absolute Gasteiger partial charge is 0.384 e. The summed E-state index contributed by atoms with van der Waals surface area (Å²) in [6.45, 7) is 2.66. The average Bonchev–Trinajstić information content (AvgIpc) is 2.43. The van der Waals surface area contributed by atoms with Gasteiger partial charge in [-0.1, -0.05) is 30.3 Å². The minimum absolute atomic E-state index is 0.183. The van der Waals surface area contributed by atoms with Crippen molar-refractivity contribution in [2.45, 2.75) is 6.54 Å². The summed E-state index contributed by atoms with van der Waals surface area (Å²) in [7, 11) is 2.07. The lowest BCUT2D eigenvalue weighted by Gasteiger charge is -2.17. The van der Waals surface area contributed by atoms with E-state index in [2.05, 4.69) is 29.4 Å². The van der Waals surface area contributed by atoms with E-state index in [4.69, 9.17) is 0 Å². The molecule has 100 valence electrons. The van der Waals surface area contributed by atoms with Crippen LogP contribution in [0.1, 0.15) is 5.56 Å². The van der Waals surface area contributed by atoms with Crippen LogP contribution in [0, 0.1) is 5.82 Å². The molecule has 0 aliphatic rings. The Kier molecular flexibility index (Phi) is 4.93. The third-order valence-electron chi connectivity index (χ3n) is 2.96. The molecule has 19 heavy (non-hydrogen) atoms. The van der Waals surface area contributed by atoms with Crippen LogP contribution in [0.15, 0.2) is 54.6 Å². The first-order chi connectivity index (χ1) is 9.24. The second kappa shape index (κ2) is 6.90. The topological polar surface area (TPSA) is 15.3 Å². The second-order valence-corrected chi connectivity index (χ2v) is 4.66. The van der Waals surface area contributed by atoms with Gasteiger partial charge in [0.1, 0.15) is 5.82 Å². The fraction of sp³-hybridized carbons (Fsp3) is 0.250. The van der Waals surface area contributed by atoms with E-state index in [0.29, 0.717) is 0 Å². The van der Waals surface area contributed by atoms with Crippen LogP contribution in [0.3, 0.4) is 0 Å². The van der Waals surface area contributed by atoms with Crippen molar-refractivity contribution in [1.29, 1.82) is 0 Å². The van der Waals surface area contributed by atoms with Crippen LogP contribution in [-0.2, 0) is 6.54 Å². The molecule has 0 unspecified atom stereocenters. The number of hydrogen-bond donors (Lipinski definition) is 1. The van der Waals surface area contributed by atoms with Gasteiger partial charge in [0.25, 0.3) is 0 Å². The van der Waals surface area contributed by atoms with Gasteiger partial charge in [0.2, 0.25) is 0 Å². The molecule has 1 N–H and O–H groups in total. The Labute approximate surface area is 113 Å². The van der Waals surface area contributed by atoms with Gasteiger partial charge < -0.3 is 10.2 Å². The quantitative estimate of drug-likeness (QED) is 0.854. The number of rotatable bonds is 6. The fourth-order valence-electron chi connectivity index (χ4n) is 1.93. The Bertz CT molecular complexity index is 482. The van der Waals surface area contributed by atoms with E-state index in [-0.39, 0.29) is 5.82 Å². The highest BCUT2D eigenvalue weighted by Gasteiger charge is 2.00. The first-order valence-corrected chi connectivity index (χ1v) is 6.46. The molecule has 2 aromatic rings. The van der Waals surface area contributed by atoms with Gasteiger partial charge in [-0.2, -0.15) is 0 Å². The molecular weight excluding hydrogens is 239 g/mol. The minimum Gasteiger partial charge on any atom is -0.384 e. The summed E-state index contributed by atoms with van der Waals surface area (Å²) in [5, 5.41) is 3.37. The predicted molar refractivity (Wildman–Crippen MR) is 77.7 cm³/mol. The molecule has 0 amide bonds. The van der Waals surface area contributed by atoms with Crippen LogP contribution >= 0.6 is 0 Å². The molecule has 0 spiro atoms. The number of benzene rings is 2. The summed E-state index contributed by atoms with van der Waals surface area (Å²) >= 11 is 0. The van der Waals surface area contributed by atoms with Crippen LogP contribution in [0.25, 0.3) is 0 Å². The first-order valence-electron chi connectivity index (χ1n) is 6.46. The lowest BCUT2D eigenvalue weighted by atomic mass is 10.2. The lowest BCUT2D eigenvalue weighted by Crippen LogP contribution is -2.24. The van der Waals surface area contributed by atoms with Gasteiger partial charge in [0.15, 0.2) is 0 Å². The average molecular weight is 258 g/mol. The highest BCUT2D eigenvalue weighted by atomic mass is 19.1. The maximum atomic E-state index is 12.8. The predicted octanol–water partition coefficient (Wildman–Crippen LogP) is 3.37. The van der Waals surface area contributed by atoms with Crippen LogP contribution in [-0.4, -0.2) is 25.0 Å². The number of hydrogen-bond acceptors (Lipinski definition) is 2. The Morgan fingerprint density at radius 2 is 1.68 bits per heavy atom. The van der Waals surface area contributed by atoms with Crippen LogP contribution in [0.2, 0.25) is 0 Å². The lowest BCUT2D eigenvalue weighted by molar-refractivity contribution is 0.340. The number of nitrogens with zero attached hydrogens (tertiary/aromatic N) is 1. The number of halogens is 1. The number of nitrogens with one attached hydrogen (secondary N) is 1. The molecule has 2 nitrogen and oxygen atoms in total. The normalized spacial score (nSPS) is 10.7. The molecule has 0 saturated carbocycles. The third kappa shape index (κ3) is 4.72. The van der Waals surface area contributed by atoms with Crippen molar-refractivity contribution >= 4 is 5.69 Å². The zero-order valence-electron chi connectivity index (χ0n) is 11.1. The van der Waals surface area contributed by atoms with Gasteiger partial charge in [0.05, 0.1) is 0 Å². The zero-order chi connectivity index (χ0) is 13.5. The highest BCUT2D eigenvalue weighted by molar-refractivity contribution is 5.42. The van der Waals surface area contributed by atoms with Crippen molar-refractivity contribution in [3.8, 4) is 0 Å². The van der Waals surface area contributed by atoms with Gasteiger partial charge >= 0.3 is 0 Å². The molecule has 2 rings (SSSR count). The Morgan fingerprint density at radius 3 is 2.37 bits per heavy atom. The second-order valence-electron chi connectivity index (χ2n) is 4.66. The first kappa shape index (κ1) is 13.6. The van der Waals surface area contributed by atoms with Gasteiger partial charge in [-0.05, 0) is 36.9 Å². The van der Waals surface area contributed by atoms with E-state index < -0.39 is 0 Å². The molecule has 2 aromatic carbocycles. The summed E-state index contributed by atoms with van der Waals surface area (Å²) in [6.07, 6.45) is 0. The van der Waals surface area contributed by atoms with E-state index in [9.17, 15) is 4.39 Å². The van der Waals surface area contributed by atoms with Crippen molar-refractivity contribution in [3.05, 3.63) is 66.0 Å². The van der Waals surface area contributed by atoms with Gasteiger partial charge in [-0.15, -0.1) is 0 Å². The summed E-state index contributed by atoms with van der Waals surface area (Å²) in [5.41, 5.74) is 2.27. The molecule has 0 heterocycles. The monoisotopic (exact) mass is 258 g/mol. The van der Waals surface area contributed by atoms with Gasteiger partial charge in [-0.3, -0.25) is 0 Å². The molecule has 0 aliphatic carbocycles. The van der Waals surface area contributed by atoms with Crippen molar-refractivity contribution in [3.63, 3.8) is 0 Å². The Hall–Kier alpha value is -1.87. The minimum atomic E-state index is -0.183. The van der Waals surface area contributed by atoms with E-state index in [1.165, 1.54) is 12.1 Å². The van der Waals surface area contributed by atoms with Crippen LogP contribution in [0.5, 0.6) is 0 Å². The maximum absolute atomic E-state index is 12.8. The molecular formula is C16H19FN2. The van der Waals surface area contributed by atoms with Crippen LogP contribution in [0.4, 0.5) is 10.1 Å². The van der Waals surface area contributed by atoms with E-state index in [0.717, 1.165) is 30.9 Å². The summed E-state index contributed by atoms with van der Waals surface area (Å²) in [6, 6.07) is 16.8. The van der Waals surface area contributed by atoms with Crippen molar-refractivity contribution in [2.75, 3.05) is 25.5 Å². The summed E-state index contributed by atoms with van der Waals surface area (Å²) in [5.74, 6) is -0.183. The molecule has 0 saturated heterocycles. The number of anilines is 1. The molecule has 3 heteroatoms. The Morgan fingerprint density at radius 1 is 1.00 bits per heavy atom. The molecule has 0 atom stereocenters. The van der Waals surface area contributed by atoms with E-state index in [1.807, 2.05) is 30.3 Å². The molecule has 0 radical (unpaired) electrons. The van der Waals surface area contributed by atoms with E-state index in [1.54, 1.807) is 0 Å². The number of para-hydroxylation sites is 1. The van der Waals surface area contributed by atoms with Gasteiger partial charge in [0, 0.05) is 25.3 Å². The molecule has 0 fully saturated rings. The summed E-state index contributed by atoms with van der Waals surface area (Å²) < 4.78 is 12.8. The van der Waals surface area contributed by atoms with Crippen molar-refractivity contribution in [1.82, 2.24) is 4.90 Å². The smallest absolute Gasteiger partial charge is 0.123 e.